The van der Waals surface area contributed by atoms with Crippen LogP contribution in [-0.2, 0) is 9.53 Å². The van der Waals surface area contributed by atoms with Crippen molar-refractivity contribution in [2.45, 2.75) is 13.3 Å². The third-order valence-corrected chi connectivity index (χ3v) is 2.02. The molecule has 1 aromatic carbocycles. The highest BCUT2D eigenvalue weighted by Gasteiger charge is 2.01. The molecule has 0 fully saturated rings. The number of carbonyl (C=O) groups is 1. The van der Waals surface area contributed by atoms with E-state index >= 15 is 0 Å². The minimum absolute atomic E-state index is 0.104. The molecule has 0 heterocycles. The van der Waals surface area contributed by atoms with Crippen LogP contribution in [-0.4, -0.2) is 12.6 Å². The zero-order chi connectivity index (χ0) is 12.7. The van der Waals surface area contributed by atoms with Gasteiger partial charge in [0.1, 0.15) is 5.82 Å². The maximum Gasteiger partial charge on any atom is 0.309 e. The molecule has 0 spiro atoms. The summed E-state index contributed by atoms with van der Waals surface area (Å²) in [6.45, 7) is 2.06. The Hall–Kier alpha value is -2.15. The molecule has 0 atom stereocenters. The summed E-state index contributed by atoms with van der Waals surface area (Å²) in [6, 6.07) is 6.02. The predicted molar refractivity (Wildman–Crippen MR) is 61.4 cm³/mol. The van der Waals surface area contributed by atoms with Crippen LogP contribution in [0.25, 0.3) is 6.08 Å². The van der Waals surface area contributed by atoms with Gasteiger partial charge in [-0.15, -0.1) is 0 Å². The molecule has 0 saturated heterocycles. The first-order valence-electron chi connectivity index (χ1n) is 5.19. The van der Waals surface area contributed by atoms with E-state index in [1.165, 1.54) is 24.3 Å². The molecule has 0 N–H and O–H groups in total. The Bertz CT molecular complexity index is 475. The summed E-state index contributed by atoms with van der Waals surface area (Å²) >= 11 is 0. The van der Waals surface area contributed by atoms with E-state index in [1.807, 2.05) is 6.07 Å². The van der Waals surface area contributed by atoms with Crippen LogP contribution in [0.15, 0.2) is 24.3 Å². The van der Waals surface area contributed by atoms with E-state index in [0.29, 0.717) is 12.2 Å². The lowest BCUT2D eigenvalue weighted by atomic mass is 10.1. The molecule has 0 aliphatic carbocycles. The predicted octanol–water partition coefficient (Wildman–Crippen LogP) is 2.66. The summed E-state index contributed by atoms with van der Waals surface area (Å²) < 4.78 is 18.1. The van der Waals surface area contributed by atoms with E-state index in [4.69, 9.17) is 10.00 Å². The minimum atomic E-state index is -0.482. The van der Waals surface area contributed by atoms with Crippen molar-refractivity contribution in [2.75, 3.05) is 6.61 Å². The summed E-state index contributed by atoms with van der Waals surface area (Å²) in [5.41, 5.74) is 0.610. The molecular weight excluding hydrogens is 221 g/mol. The maximum absolute atomic E-state index is 13.4. The highest BCUT2D eigenvalue weighted by molar-refractivity contribution is 5.72. The van der Waals surface area contributed by atoms with Gasteiger partial charge in [0.25, 0.3) is 0 Å². The zero-order valence-corrected chi connectivity index (χ0v) is 9.44. The Balaban J connectivity index is 2.66. The van der Waals surface area contributed by atoms with E-state index in [-0.39, 0.29) is 18.0 Å². The molecule has 17 heavy (non-hydrogen) atoms. The van der Waals surface area contributed by atoms with Crippen molar-refractivity contribution in [1.82, 2.24) is 0 Å². The van der Waals surface area contributed by atoms with Crippen LogP contribution < -0.4 is 0 Å². The number of rotatable bonds is 4. The summed E-state index contributed by atoms with van der Waals surface area (Å²) in [5, 5.41) is 8.56. The smallest absolute Gasteiger partial charge is 0.309 e. The van der Waals surface area contributed by atoms with E-state index in [1.54, 1.807) is 6.92 Å². The SMILES string of the molecule is CCOC(=O)CC=Cc1ccc(C#N)cc1F. The Kier molecular flexibility index (Phi) is 4.89. The molecule has 0 amide bonds. The largest absolute Gasteiger partial charge is 0.466 e. The number of halogens is 1. The Labute approximate surface area is 99.1 Å². The van der Waals surface area contributed by atoms with Crippen molar-refractivity contribution in [3.8, 4) is 6.07 Å². The van der Waals surface area contributed by atoms with Crippen LogP contribution >= 0.6 is 0 Å². The Morgan fingerprint density at radius 2 is 2.35 bits per heavy atom. The summed E-state index contributed by atoms with van der Waals surface area (Å²) in [5.74, 6) is -0.832. The normalized spacial score (nSPS) is 10.2. The van der Waals surface area contributed by atoms with E-state index in [0.717, 1.165) is 6.07 Å². The summed E-state index contributed by atoms with van der Waals surface area (Å²) in [6.07, 6.45) is 3.13. The average Bonchev–Trinajstić information content (AvgIpc) is 2.31. The third kappa shape index (κ3) is 4.07. The van der Waals surface area contributed by atoms with Gasteiger partial charge < -0.3 is 4.74 Å². The second-order valence-electron chi connectivity index (χ2n) is 3.26. The molecule has 4 heteroatoms. The molecule has 0 radical (unpaired) electrons. The van der Waals surface area contributed by atoms with Crippen molar-refractivity contribution in [1.29, 1.82) is 5.26 Å². The molecule has 0 bridgehead atoms. The second-order valence-corrected chi connectivity index (χ2v) is 3.26. The number of carbonyl (C=O) groups excluding carboxylic acids is 1. The number of nitrogens with zero attached hydrogens (tertiary/aromatic N) is 1. The van der Waals surface area contributed by atoms with Crippen LogP contribution in [0.4, 0.5) is 4.39 Å². The van der Waals surface area contributed by atoms with Crippen LogP contribution in [0.1, 0.15) is 24.5 Å². The first kappa shape index (κ1) is 12.9. The Morgan fingerprint density at radius 3 is 2.94 bits per heavy atom. The van der Waals surface area contributed by atoms with Crippen molar-refractivity contribution in [2.24, 2.45) is 0 Å². The van der Waals surface area contributed by atoms with Crippen LogP contribution in [0.3, 0.4) is 0 Å². The number of benzene rings is 1. The highest BCUT2D eigenvalue weighted by atomic mass is 19.1. The van der Waals surface area contributed by atoms with Gasteiger partial charge in [-0.3, -0.25) is 4.79 Å². The van der Waals surface area contributed by atoms with Crippen molar-refractivity contribution >= 4 is 12.0 Å². The summed E-state index contributed by atoms with van der Waals surface area (Å²) in [4.78, 5) is 11.0. The summed E-state index contributed by atoms with van der Waals surface area (Å²) in [7, 11) is 0. The second kappa shape index (κ2) is 6.44. The number of hydrogen-bond acceptors (Lipinski definition) is 3. The van der Waals surface area contributed by atoms with Gasteiger partial charge in [-0.1, -0.05) is 18.2 Å². The molecule has 1 rings (SSSR count). The zero-order valence-electron chi connectivity index (χ0n) is 9.44. The quantitative estimate of drug-likeness (QED) is 0.751. The van der Waals surface area contributed by atoms with Crippen molar-refractivity contribution in [3.63, 3.8) is 0 Å². The van der Waals surface area contributed by atoms with E-state index in [9.17, 15) is 9.18 Å². The lowest BCUT2D eigenvalue weighted by Gasteiger charge is -1.98. The van der Waals surface area contributed by atoms with Gasteiger partial charge >= 0.3 is 5.97 Å². The number of nitriles is 1. The molecule has 0 unspecified atom stereocenters. The van der Waals surface area contributed by atoms with Gasteiger partial charge in [-0.25, -0.2) is 4.39 Å². The Morgan fingerprint density at radius 1 is 1.59 bits per heavy atom. The molecule has 3 nitrogen and oxygen atoms in total. The molecule has 0 aliphatic heterocycles. The van der Waals surface area contributed by atoms with Gasteiger partial charge in [0, 0.05) is 5.56 Å². The molecule has 0 saturated carbocycles. The van der Waals surface area contributed by atoms with Crippen molar-refractivity contribution in [3.05, 3.63) is 41.2 Å². The van der Waals surface area contributed by atoms with Crippen molar-refractivity contribution < 1.29 is 13.9 Å². The lowest BCUT2D eigenvalue weighted by molar-refractivity contribution is -0.142. The molecule has 88 valence electrons. The van der Waals surface area contributed by atoms with Crippen LogP contribution in [0, 0.1) is 17.1 Å². The van der Waals surface area contributed by atoms with Gasteiger partial charge in [-0.05, 0) is 19.1 Å². The fraction of sp³-hybridized carbons (Fsp3) is 0.231. The highest BCUT2D eigenvalue weighted by Crippen LogP contribution is 2.12. The molecule has 0 aromatic heterocycles. The monoisotopic (exact) mass is 233 g/mol. The molecule has 0 aliphatic rings. The fourth-order valence-corrected chi connectivity index (χ4v) is 1.23. The number of hydrogen-bond donors (Lipinski definition) is 0. The fourth-order valence-electron chi connectivity index (χ4n) is 1.23. The van der Waals surface area contributed by atoms with Gasteiger partial charge in [0.15, 0.2) is 0 Å². The first-order chi connectivity index (χ1) is 8.17. The standard InChI is InChI=1S/C13H12FNO2/c1-2-17-13(16)5-3-4-11-7-6-10(9-15)8-12(11)14/h3-4,6-8H,2,5H2,1H3. The number of esters is 1. The minimum Gasteiger partial charge on any atom is -0.466 e. The molecule has 1 aromatic rings. The van der Waals surface area contributed by atoms with E-state index in [2.05, 4.69) is 0 Å². The first-order valence-corrected chi connectivity index (χ1v) is 5.19. The van der Waals surface area contributed by atoms with Crippen LogP contribution in [0.2, 0.25) is 0 Å². The van der Waals surface area contributed by atoms with E-state index < -0.39 is 5.82 Å². The maximum atomic E-state index is 13.4. The van der Waals surface area contributed by atoms with Gasteiger partial charge in [0.05, 0.1) is 24.7 Å². The number of ether oxygens (including phenoxy) is 1. The van der Waals surface area contributed by atoms with Crippen LogP contribution in [0.5, 0.6) is 0 Å². The molecular formula is C13H12FNO2. The third-order valence-electron chi connectivity index (χ3n) is 2.02. The topological polar surface area (TPSA) is 50.1 Å². The van der Waals surface area contributed by atoms with Gasteiger partial charge in [-0.2, -0.15) is 5.26 Å². The lowest BCUT2D eigenvalue weighted by Crippen LogP contribution is -2.01. The van der Waals surface area contributed by atoms with Gasteiger partial charge in [0.2, 0.25) is 0 Å². The average molecular weight is 233 g/mol.